The molecular formula is C8H8N2O2S2. The largest absolute Gasteiger partial charge is 0.494 e. The van der Waals surface area contributed by atoms with E-state index in [0.717, 1.165) is 0 Å². The minimum absolute atomic E-state index is 0.467. The van der Waals surface area contributed by atoms with Crippen molar-refractivity contribution in [2.24, 2.45) is 10.1 Å². The number of nitrogens with zero attached hydrogens (tertiary/aromatic N) is 1. The summed E-state index contributed by atoms with van der Waals surface area (Å²) in [6, 6.07) is 4.79. The van der Waals surface area contributed by atoms with Crippen molar-refractivity contribution in [3.63, 3.8) is 0 Å². The monoisotopic (exact) mass is 228 g/mol. The van der Waals surface area contributed by atoms with Crippen LogP contribution in [-0.4, -0.2) is 16.5 Å². The Morgan fingerprint density at radius 2 is 2.36 bits per heavy atom. The van der Waals surface area contributed by atoms with E-state index in [1.807, 2.05) is 0 Å². The van der Waals surface area contributed by atoms with Crippen LogP contribution >= 0.6 is 12.2 Å². The second-order valence-electron chi connectivity index (χ2n) is 2.33. The van der Waals surface area contributed by atoms with Gasteiger partial charge >= 0.3 is 0 Å². The van der Waals surface area contributed by atoms with Gasteiger partial charge in [-0.25, -0.2) is 9.35 Å². The van der Waals surface area contributed by atoms with Crippen molar-refractivity contribution >= 4 is 34.1 Å². The molecule has 6 heteroatoms. The van der Waals surface area contributed by atoms with Crippen LogP contribution in [0.5, 0.6) is 5.75 Å². The van der Waals surface area contributed by atoms with Crippen molar-refractivity contribution in [3.8, 4) is 5.75 Å². The summed E-state index contributed by atoms with van der Waals surface area (Å²) in [5.41, 5.74) is 0.471. The molecule has 0 aliphatic heterocycles. The summed E-state index contributed by atoms with van der Waals surface area (Å²) in [6.45, 7) is 0. The first-order chi connectivity index (χ1) is 6.69. The third kappa shape index (κ3) is 2.46. The van der Waals surface area contributed by atoms with Gasteiger partial charge in [-0.3, -0.25) is 0 Å². The molecule has 0 spiro atoms. The van der Waals surface area contributed by atoms with Gasteiger partial charge in [0.15, 0.2) is 0 Å². The van der Waals surface area contributed by atoms with Gasteiger partial charge in [-0.1, -0.05) is 0 Å². The fraction of sp³-hybridized carbons (Fsp3) is 0.125. The van der Waals surface area contributed by atoms with Gasteiger partial charge in [-0.05, 0) is 30.4 Å². The van der Waals surface area contributed by atoms with E-state index in [9.17, 15) is 4.21 Å². The van der Waals surface area contributed by atoms with E-state index in [0.29, 0.717) is 16.3 Å². The predicted octanol–water partition coefficient (Wildman–Crippen LogP) is 1.41. The molecule has 1 aromatic rings. The molecule has 0 saturated carbocycles. The summed E-state index contributed by atoms with van der Waals surface area (Å²) in [5.74, 6) is 0.538. The van der Waals surface area contributed by atoms with Crippen LogP contribution in [0.25, 0.3) is 0 Å². The Balaban J connectivity index is 3.27. The van der Waals surface area contributed by atoms with Crippen LogP contribution in [0.3, 0.4) is 0 Å². The molecular weight excluding hydrogens is 220 g/mol. The summed E-state index contributed by atoms with van der Waals surface area (Å²) < 4.78 is 16.0. The van der Waals surface area contributed by atoms with Crippen LogP contribution in [0.1, 0.15) is 0 Å². The zero-order valence-electron chi connectivity index (χ0n) is 7.39. The Morgan fingerprint density at radius 3 is 2.86 bits per heavy atom. The van der Waals surface area contributed by atoms with Gasteiger partial charge in [0, 0.05) is 0 Å². The van der Waals surface area contributed by atoms with Crippen LogP contribution in [0.2, 0.25) is 0 Å². The lowest BCUT2D eigenvalue weighted by molar-refractivity contribution is 0.416. The molecule has 0 aromatic heterocycles. The van der Waals surface area contributed by atoms with Crippen molar-refractivity contribution in [3.05, 3.63) is 18.2 Å². The van der Waals surface area contributed by atoms with Gasteiger partial charge in [-0.15, -0.1) is 0 Å². The zero-order valence-corrected chi connectivity index (χ0v) is 9.02. The first-order valence-electron chi connectivity index (χ1n) is 3.61. The van der Waals surface area contributed by atoms with Crippen LogP contribution < -0.4 is 9.88 Å². The van der Waals surface area contributed by atoms with Crippen LogP contribution in [0, 0.1) is 0 Å². The molecule has 2 N–H and O–H groups in total. The van der Waals surface area contributed by atoms with Crippen LogP contribution in [-0.2, 0) is 11.0 Å². The molecule has 0 heterocycles. The number of hydrogen-bond acceptors (Lipinski definition) is 4. The van der Waals surface area contributed by atoms with Crippen molar-refractivity contribution in [1.29, 1.82) is 0 Å². The van der Waals surface area contributed by atoms with Gasteiger partial charge in [-0.2, -0.15) is 4.99 Å². The molecule has 1 rings (SSSR count). The second kappa shape index (κ2) is 4.97. The lowest BCUT2D eigenvalue weighted by Gasteiger charge is -2.04. The first-order valence-corrected chi connectivity index (χ1v) is 5.23. The number of nitrogens with two attached hydrogens (primary N) is 1. The van der Waals surface area contributed by atoms with Crippen molar-refractivity contribution in [1.82, 2.24) is 0 Å². The molecule has 74 valence electrons. The van der Waals surface area contributed by atoms with Crippen molar-refractivity contribution in [2.45, 2.75) is 4.90 Å². The standard InChI is InChI=1S/C8H8N2O2S2/c1-12-8-3-2-6(14(9)11)4-7(8)10-5-13/h2-4H,9H2,1H3. The molecule has 0 aliphatic rings. The minimum atomic E-state index is -1.53. The van der Waals surface area contributed by atoms with Gasteiger partial charge in [0.2, 0.25) is 0 Å². The average molecular weight is 228 g/mol. The smallest absolute Gasteiger partial charge is 0.145 e. The van der Waals surface area contributed by atoms with Gasteiger partial charge in [0.1, 0.15) is 22.4 Å². The van der Waals surface area contributed by atoms with E-state index in [1.165, 1.54) is 7.11 Å². The number of benzene rings is 1. The number of thiocarbonyl (C=S) groups is 1. The summed E-state index contributed by atoms with van der Waals surface area (Å²) >= 11 is 4.47. The topological polar surface area (TPSA) is 64.7 Å². The molecule has 14 heavy (non-hydrogen) atoms. The molecule has 0 aliphatic carbocycles. The highest BCUT2D eigenvalue weighted by atomic mass is 32.2. The highest BCUT2D eigenvalue weighted by Crippen LogP contribution is 2.28. The van der Waals surface area contributed by atoms with Gasteiger partial charge < -0.3 is 4.74 Å². The van der Waals surface area contributed by atoms with Gasteiger partial charge in [0.05, 0.1) is 17.2 Å². The molecule has 0 amide bonds. The van der Waals surface area contributed by atoms with E-state index in [-0.39, 0.29) is 0 Å². The van der Waals surface area contributed by atoms with E-state index < -0.39 is 11.0 Å². The number of ether oxygens (including phenoxy) is 1. The predicted molar refractivity (Wildman–Crippen MR) is 58.3 cm³/mol. The number of aliphatic imine (C=N–C) groups is 1. The lowest BCUT2D eigenvalue weighted by atomic mass is 10.3. The molecule has 1 atom stereocenters. The lowest BCUT2D eigenvalue weighted by Crippen LogP contribution is -2.02. The Labute approximate surface area is 89.4 Å². The van der Waals surface area contributed by atoms with E-state index in [2.05, 4.69) is 22.4 Å². The number of hydrogen-bond donors (Lipinski definition) is 1. The summed E-state index contributed by atoms with van der Waals surface area (Å²) in [7, 11) is -0.0197. The quantitative estimate of drug-likeness (QED) is 0.628. The molecule has 0 saturated heterocycles. The fourth-order valence-electron chi connectivity index (χ4n) is 0.931. The highest BCUT2D eigenvalue weighted by Gasteiger charge is 2.05. The van der Waals surface area contributed by atoms with Gasteiger partial charge in [0.25, 0.3) is 0 Å². The maximum Gasteiger partial charge on any atom is 0.145 e. The number of methoxy groups -OCH3 is 1. The highest BCUT2D eigenvalue weighted by molar-refractivity contribution is 7.82. The Kier molecular flexibility index (Phi) is 3.91. The Bertz CT molecular complexity index is 414. The summed E-state index contributed by atoms with van der Waals surface area (Å²) in [6.07, 6.45) is 0. The first kappa shape index (κ1) is 11.0. The SMILES string of the molecule is COc1ccc(S(N)=O)cc1N=C=S. The zero-order chi connectivity index (χ0) is 10.6. The molecule has 1 unspecified atom stereocenters. The normalized spacial score (nSPS) is 11.6. The average Bonchev–Trinajstić information content (AvgIpc) is 2.18. The maximum absolute atomic E-state index is 11.0. The van der Waals surface area contributed by atoms with Crippen molar-refractivity contribution in [2.75, 3.05) is 7.11 Å². The van der Waals surface area contributed by atoms with Crippen LogP contribution in [0.4, 0.5) is 5.69 Å². The molecule has 0 fully saturated rings. The Morgan fingerprint density at radius 1 is 1.64 bits per heavy atom. The molecule has 4 nitrogen and oxygen atoms in total. The fourth-order valence-corrected chi connectivity index (χ4v) is 1.46. The van der Waals surface area contributed by atoms with Crippen molar-refractivity contribution < 1.29 is 8.95 Å². The minimum Gasteiger partial charge on any atom is -0.494 e. The molecule has 0 bridgehead atoms. The number of isothiocyanates is 1. The maximum atomic E-state index is 11.0. The third-order valence-corrected chi connectivity index (χ3v) is 2.36. The molecule has 1 aromatic carbocycles. The molecule has 0 radical (unpaired) electrons. The second-order valence-corrected chi connectivity index (χ2v) is 3.58. The summed E-state index contributed by atoms with van der Waals surface area (Å²) in [5, 5.41) is 7.43. The summed E-state index contributed by atoms with van der Waals surface area (Å²) in [4.78, 5) is 4.24. The van der Waals surface area contributed by atoms with E-state index >= 15 is 0 Å². The van der Waals surface area contributed by atoms with Crippen LogP contribution in [0.15, 0.2) is 28.1 Å². The van der Waals surface area contributed by atoms with E-state index in [4.69, 9.17) is 9.88 Å². The Hall–Kier alpha value is -1.07. The van der Waals surface area contributed by atoms with E-state index in [1.54, 1.807) is 18.2 Å². The third-order valence-electron chi connectivity index (χ3n) is 1.55. The number of rotatable bonds is 3.